The number of methoxy groups -OCH3 is 1. The zero-order valence-corrected chi connectivity index (χ0v) is 18.1. The van der Waals surface area contributed by atoms with Crippen LogP contribution in [0.25, 0.3) is 0 Å². The first-order valence-corrected chi connectivity index (χ1v) is 10.8. The van der Waals surface area contributed by atoms with Crippen LogP contribution < -0.4 is 4.74 Å². The van der Waals surface area contributed by atoms with Crippen LogP contribution in [-0.4, -0.2) is 37.2 Å². The highest BCUT2D eigenvalue weighted by Gasteiger charge is 2.35. The highest BCUT2D eigenvalue weighted by Crippen LogP contribution is 2.45. The molecule has 33 heavy (non-hydrogen) atoms. The Morgan fingerprint density at radius 2 is 1.88 bits per heavy atom. The SMILES string of the molecule is COC(=O)c1cc(C2CC2)c(OC2CCCN(Cc3cc(F)ccc3C(F)(F)F)C2)cc1F. The molecule has 178 valence electrons. The third-order valence-corrected chi connectivity index (χ3v) is 6.04. The van der Waals surface area contributed by atoms with Gasteiger partial charge in [0.15, 0.2) is 0 Å². The van der Waals surface area contributed by atoms with E-state index in [1.165, 1.54) is 19.2 Å². The number of benzene rings is 2. The van der Waals surface area contributed by atoms with Gasteiger partial charge in [0.1, 0.15) is 23.5 Å². The van der Waals surface area contributed by atoms with Crippen molar-refractivity contribution in [1.29, 1.82) is 0 Å². The third-order valence-electron chi connectivity index (χ3n) is 6.04. The summed E-state index contributed by atoms with van der Waals surface area (Å²) in [6.45, 7) is 0.786. The second-order valence-electron chi connectivity index (χ2n) is 8.55. The summed E-state index contributed by atoms with van der Waals surface area (Å²) >= 11 is 0. The lowest BCUT2D eigenvalue weighted by molar-refractivity contribution is -0.138. The summed E-state index contributed by atoms with van der Waals surface area (Å²) in [5.41, 5.74) is -0.403. The van der Waals surface area contributed by atoms with E-state index in [4.69, 9.17) is 4.74 Å². The molecule has 1 aliphatic heterocycles. The van der Waals surface area contributed by atoms with Gasteiger partial charge in [-0.1, -0.05) is 0 Å². The molecule has 1 saturated carbocycles. The largest absolute Gasteiger partial charge is 0.489 e. The van der Waals surface area contributed by atoms with Gasteiger partial charge in [-0.25, -0.2) is 13.6 Å². The molecule has 2 fully saturated rings. The zero-order chi connectivity index (χ0) is 23.8. The molecule has 0 amide bonds. The summed E-state index contributed by atoms with van der Waals surface area (Å²) < 4.78 is 79.0. The van der Waals surface area contributed by atoms with E-state index < -0.39 is 29.3 Å². The maximum atomic E-state index is 14.5. The van der Waals surface area contributed by atoms with Gasteiger partial charge in [-0.3, -0.25) is 4.90 Å². The van der Waals surface area contributed by atoms with Crippen molar-refractivity contribution in [2.45, 2.75) is 50.4 Å². The van der Waals surface area contributed by atoms with Crippen LogP contribution in [0.4, 0.5) is 22.0 Å². The molecule has 0 radical (unpaired) electrons. The average molecular weight is 469 g/mol. The normalized spacial score (nSPS) is 19.4. The van der Waals surface area contributed by atoms with E-state index in [0.717, 1.165) is 36.6 Å². The fourth-order valence-electron chi connectivity index (χ4n) is 4.30. The van der Waals surface area contributed by atoms with Crippen molar-refractivity contribution in [3.63, 3.8) is 0 Å². The first kappa shape index (κ1) is 23.5. The predicted octanol–water partition coefficient (Wildman–Crippen LogP) is 5.69. The number of nitrogens with zero attached hydrogens (tertiary/aromatic N) is 1. The molecular weight excluding hydrogens is 445 g/mol. The van der Waals surface area contributed by atoms with Crippen molar-refractivity contribution in [2.24, 2.45) is 0 Å². The van der Waals surface area contributed by atoms with Crippen LogP contribution >= 0.6 is 0 Å². The topological polar surface area (TPSA) is 38.8 Å². The quantitative estimate of drug-likeness (QED) is 0.403. The van der Waals surface area contributed by atoms with Crippen molar-refractivity contribution >= 4 is 5.97 Å². The van der Waals surface area contributed by atoms with Crippen LogP contribution in [0.1, 0.15) is 58.6 Å². The Morgan fingerprint density at radius 1 is 1.12 bits per heavy atom. The molecule has 0 spiro atoms. The molecule has 1 saturated heterocycles. The summed E-state index contributed by atoms with van der Waals surface area (Å²) in [4.78, 5) is 13.6. The smallest absolute Gasteiger partial charge is 0.416 e. The van der Waals surface area contributed by atoms with E-state index >= 15 is 0 Å². The summed E-state index contributed by atoms with van der Waals surface area (Å²) in [6, 6.07) is 5.14. The molecule has 1 heterocycles. The van der Waals surface area contributed by atoms with Gasteiger partial charge in [0.05, 0.1) is 18.2 Å². The number of piperidine rings is 1. The van der Waals surface area contributed by atoms with Crippen LogP contribution in [0, 0.1) is 11.6 Å². The monoisotopic (exact) mass is 469 g/mol. The van der Waals surface area contributed by atoms with Gasteiger partial charge in [-0.2, -0.15) is 13.2 Å². The van der Waals surface area contributed by atoms with Gasteiger partial charge in [-0.15, -0.1) is 0 Å². The molecule has 2 aromatic rings. The highest BCUT2D eigenvalue weighted by atomic mass is 19.4. The standard InChI is InChI=1S/C24H24F5NO3/c1-32-23(31)19-10-18(14-4-5-14)22(11-21(19)26)33-17-3-2-8-30(13-17)12-15-9-16(25)6-7-20(15)24(27,28)29/h6-7,9-11,14,17H,2-5,8,12-13H2,1H3. The fraction of sp³-hybridized carbons (Fsp3) is 0.458. The summed E-state index contributed by atoms with van der Waals surface area (Å²) in [7, 11) is 1.18. The Balaban J connectivity index is 1.51. The Labute approximate surface area is 188 Å². The molecule has 9 heteroatoms. The van der Waals surface area contributed by atoms with Gasteiger partial charge in [-0.05, 0) is 73.5 Å². The van der Waals surface area contributed by atoms with E-state index in [0.29, 0.717) is 31.7 Å². The van der Waals surface area contributed by atoms with Gasteiger partial charge < -0.3 is 9.47 Å². The molecule has 1 aliphatic carbocycles. The van der Waals surface area contributed by atoms with Crippen molar-refractivity contribution in [3.8, 4) is 5.75 Å². The lowest BCUT2D eigenvalue weighted by Gasteiger charge is -2.34. The molecule has 2 aromatic carbocycles. The van der Waals surface area contributed by atoms with Crippen LogP contribution in [-0.2, 0) is 17.5 Å². The number of carbonyl (C=O) groups is 1. The van der Waals surface area contributed by atoms with E-state index in [1.54, 1.807) is 4.90 Å². The highest BCUT2D eigenvalue weighted by molar-refractivity contribution is 5.90. The van der Waals surface area contributed by atoms with Crippen LogP contribution in [0.5, 0.6) is 5.75 Å². The van der Waals surface area contributed by atoms with Gasteiger partial charge in [0.25, 0.3) is 0 Å². The summed E-state index contributed by atoms with van der Waals surface area (Å²) in [5.74, 6) is -1.72. The van der Waals surface area contributed by atoms with Gasteiger partial charge >= 0.3 is 12.1 Å². The minimum Gasteiger partial charge on any atom is -0.489 e. The lowest BCUT2D eigenvalue weighted by atomic mass is 10.0. The number of rotatable bonds is 6. The summed E-state index contributed by atoms with van der Waals surface area (Å²) in [6.07, 6.45) is -1.83. The predicted molar refractivity (Wildman–Crippen MR) is 110 cm³/mol. The maximum Gasteiger partial charge on any atom is 0.416 e. The third kappa shape index (κ3) is 5.46. The molecule has 4 nitrogen and oxygen atoms in total. The van der Waals surface area contributed by atoms with E-state index in [9.17, 15) is 26.7 Å². The molecule has 4 rings (SSSR count). The van der Waals surface area contributed by atoms with Crippen molar-refractivity contribution in [2.75, 3.05) is 20.2 Å². The van der Waals surface area contributed by atoms with Crippen molar-refractivity contribution in [3.05, 3.63) is 64.2 Å². The van der Waals surface area contributed by atoms with Crippen LogP contribution in [0.2, 0.25) is 0 Å². The molecule has 1 atom stereocenters. The second kappa shape index (κ2) is 9.29. The molecular formula is C24H24F5NO3. The van der Waals surface area contributed by atoms with E-state index in [-0.39, 0.29) is 29.7 Å². The van der Waals surface area contributed by atoms with Gasteiger partial charge in [0.2, 0.25) is 0 Å². The van der Waals surface area contributed by atoms with Gasteiger partial charge in [0, 0.05) is 19.2 Å². The first-order valence-electron chi connectivity index (χ1n) is 10.8. The molecule has 0 aromatic heterocycles. The Hall–Kier alpha value is -2.68. The number of carbonyl (C=O) groups excluding carboxylic acids is 1. The number of likely N-dealkylation sites (tertiary alicyclic amines) is 1. The maximum absolute atomic E-state index is 14.5. The van der Waals surface area contributed by atoms with Crippen LogP contribution in [0.15, 0.2) is 30.3 Å². The molecule has 0 bridgehead atoms. The number of hydrogen-bond acceptors (Lipinski definition) is 4. The molecule has 2 aliphatic rings. The van der Waals surface area contributed by atoms with Crippen LogP contribution in [0.3, 0.4) is 0 Å². The zero-order valence-electron chi connectivity index (χ0n) is 18.1. The second-order valence-corrected chi connectivity index (χ2v) is 8.55. The Bertz CT molecular complexity index is 1040. The van der Waals surface area contributed by atoms with Crippen molar-refractivity contribution < 1.29 is 36.2 Å². The minimum absolute atomic E-state index is 0.0718. The number of esters is 1. The first-order chi connectivity index (χ1) is 15.7. The Morgan fingerprint density at radius 3 is 2.55 bits per heavy atom. The number of alkyl halides is 3. The van der Waals surface area contributed by atoms with E-state index in [2.05, 4.69) is 4.74 Å². The number of hydrogen-bond donors (Lipinski definition) is 0. The van der Waals surface area contributed by atoms with Crippen molar-refractivity contribution in [1.82, 2.24) is 4.90 Å². The average Bonchev–Trinajstić information content (AvgIpc) is 3.58. The Kier molecular flexibility index (Phi) is 6.61. The number of ether oxygens (including phenoxy) is 2. The number of halogens is 5. The van der Waals surface area contributed by atoms with E-state index in [1.807, 2.05) is 0 Å². The summed E-state index contributed by atoms with van der Waals surface area (Å²) in [5, 5.41) is 0. The molecule has 0 N–H and O–H groups in total. The minimum atomic E-state index is -4.58. The lowest BCUT2D eigenvalue weighted by Crippen LogP contribution is -2.41. The molecule has 1 unspecified atom stereocenters. The fourth-order valence-corrected chi connectivity index (χ4v) is 4.30.